The summed E-state index contributed by atoms with van der Waals surface area (Å²) in [5, 5.41) is 8.62. The van der Waals surface area contributed by atoms with Crippen LogP contribution < -0.4 is 0 Å². The molecule has 0 aliphatic rings. The SMILES string of the molecule is O=C(O)CCc1ccc(Cc2ccncc2)cc1. The molecule has 1 aromatic heterocycles. The summed E-state index contributed by atoms with van der Waals surface area (Å²) in [7, 11) is 0. The van der Waals surface area contributed by atoms with Gasteiger partial charge in [0, 0.05) is 18.8 Å². The van der Waals surface area contributed by atoms with E-state index in [1.54, 1.807) is 12.4 Å². The monoisotopic (exact) mass is 241 g/mol. The van der Waals surface area contributed by atoms with Crippen LogP contribution in [0.1, 0.15) is 23.1 Å². The zero-order valence-electron chi connectivity index (χ0n) is 10.0. The van der Waals surface area contributed by atoms with Crippen LogP contribution in [0.5, 0.6) is 0 Å². The van der Waals surface area contributed by atoms with Crippen molar-refractivity contribution in [3.63, 3.8) is 0 Å². The van der Waals surface area contributed by atoms with E-state index in [4.69, 9.17) is 5.11 Å². The number of aryl methyl sites for hydroxylation is 1. The van der Waals surface area contributed by atoms with Gasteiger partial charge in [-0.3, -0.25) is 9.78 Å². The number of pyridine rings is 1. The van der Waals surface area contributed by atoms with Crippen molar-refractivity contribution < 1.29 is 9.90 Å². The molecule has 1 N–H and O–H groups in total. The first-order valence-electron chi connectivity index (χ1n) is 5.92. The number of rotatable bonds is 5. The molecule has 3 nitrogen and oxygen atoms in total. The second-order valence-corrected chi connectivity index (χ2v) is 4.24. The fraction of sp³-hybridized carbons (Fsp3) is 0.200. The summed E-state index contributed by atoms with van der Waals surface area (Å²) < 4.78 is 0. The minimum atomic E-state index is -0.754. The maximum atomic E-state index is 10.5. The number of aliphatic carboxylic acids is 1. The molecule has 0 saturated heterocycles. The highest BCUT2D eigenvalue weighted by Gasteiger charge is 2.00. The molecule has 1 heterocycles. The van der Waals surface area contributed by atoms with E-state index in [0.717, 1.165) is 12.0 Å². The second-order valence-electron chi connectivity index (χ2n) is 4.24. The number of nitrogens with zero attached hydrogens (tertiary/aromatic N) is 1. The van der Waals surface area contributed by atoms with Crippen molar-refractivity contribution in [1.82, 2.24) is 4.98 Å². The molecule has 0 radical (unpaired) electrons. The number of hydrogen-bond donors (Lipinski definition) is 1. The summed E-state index contributed by atoms with van der Waals surface area (Å²) in [6, 6.07) is 12.1. The third-order valence-corrected chi connectivity index (χ3v) is 2.81. The van der Waals surface area contributed by atoms with Crippen LogP contribution >= 0.6 is 0 Å². The molecule has 18 heavy (non-hydrogen) atoms. The summed E-state index contributed by atoms with van der Waals surface area (Å²) >= 11 is 0. The Morgan fingerprint density at radius 2 is 1.50 bits per heavy atom. The normalized spacial score (nSPS) is 10.2. The molecule has 0 amide bonds. The fourth-order valence-electron chi connectivity index (χ4n) is 1.81. The maximum absolute atomic E-state index is 10.5. The first-order valence-corrected chi connectivity index (χ1v) is 5.92. The number of aromatic nitrogens is 1. The van der Waals surface area contributed by atoms with E-state index < -0.39 is 5.97 Å². The van der Waals surface area contributed by atoms with Crippen LogP contribution in [-0.4, -0.2) is 16.1 Å². The molecule has 0 saturated carbocycles. The molecule has 92 valence electrons. The number of hydrogen-bond acceptors (Lipinski definition) is 2. The molecule has 0 unspecified atom stereocenters. The van der Waals surface area contributed by atoms with Crippen molar-refractivity contribution in [2.45, 2.75) is 19.3 Å². The Labute approximate surface area is 106 Å². The largest absolute Gasteiger partial charge is 0.481 e. The molecule has 2 aromatic rings. The third kappa shape index (κ3) is 3.70. The quantitative estimate of drug-likeness (QED) is 0.875. The summed E-state index contributed by atoms with van der Waals surface area (Å²) in [4.78, 5) is 14.5. The van der Waals surface area contributed by atoms with Gasteiger partial charge in [-0.25, -0.2) is 0 Å². The van der Waals surface area contributed by atoms with Crippen LogP contribution in [0.2, 0.25) is 0 Å². The van der Waals surface area contributed by atoms with Crippen molar-refractivity contribution in [3.05, 3.63) is 65.5 Å². The van der Waals surface area contributed by atoms with Gasteiger partial charge in [0.2, 0.25) is 0 Å². The minimum Gasteiger partial charge on any atom is -0.481 e. The van der Waals surface area contributed by atoms with E-state index in [0.29, 0.717) is 6.42 Å². The smallest absolute Gasteiger partial charge is 0.303 e. The molecule has 3 heteroatoms. The zero-order chi connectivity index (χ0) is 12.8. The lowest BCUT2D eigenvalue weighted by Gasteiger charge is -2.03. The highest BCUT2D eigenvalue weighted by atomic mass is 16.4. The number of carbonyl (C=O) groups is 1. The van der Waals surface area contributed by atoms with Gasteiger partial charge in [-0.15, -0.1) is 0 Å². The van der Waals surface area contributed by atoms with Gasteiger partial charge in [-0.2, -0.15) is 0 Å². The number of carboxylic acids is 1. The predicted molar refractivity (Wildman–Crippen MR) is 69.4 cm³/mol. The van der Waals surface area contributed by atoms with Crippen LogP contribution in [-0.2, 0) is 17.6 Å². The molecular weight excluding hydrogens is 226 g/mol. The van der Waals surface area contributed by atoms with Crippen LogP contribution in [0.4, 0.5) is 0 Å². The van der Waals surface area contributed by atoms with Crippen molar-refractivity contribution in [2.24, 2.45) is 0 Å². The highest BCUT2D eigenvalue weighted by molar-refractivity contribution is 5.67. The van der Waals surface area contributed by atoms with Gasteiger partial charge in [-0.1, -0.05) is 24.3 Å². The third-order valence-electron chi connectivity index (χ3n) is 2.81. The van der Waals surface area contributed by atoms with Gasteiger partial charge in [-0.05, 0) is 41.7 Å². The maximum Gasteiger partial charge on any atom is 0.303 e. The summed E-state index contributed by atoms with van der Waals surface area (Å²) in [6.45, 7) is 0. The van der Waals surface area contributed by atoms with Crippen LogP contribution in [0.25, 0.3) is 0 Å². The molecule has 0 aliphatic carbocycles. The standard InChI is InChI=1S/C15H15NO2/c17-15(18)6-5-12-1-3-13(4-2-12)11-14-7-9-16-10-8-14/h1-4,7-10H,5-6,11H2,(H,17,18). The van der Waals surface area contributed by atoms with E-state index in [1.165, 1.54) is 11.1 Å². The lowest BCUT2D eigenvalue weighted by molar-refractivity contribution is -0.136. The molecule has 0 atom stereocenters. The summed E-state index contributed by atoms with van der Waals surface area (Å²) in [5.74, 6) is -0.754. The van der Waals surface area contributed by atoms with E-state index in [-0.39, 0.29) is 6.42 Å². The molecule has 1 aromatic carbocycles. The predicted octanol–water partition coefficient (Wildman–Crippen LogP) is 2.69. The minimum absolute atomic E-state index is 0.184. The van der Waals surface area contributed by atoms with Crippen LogP contribution in [0.3, 0.4) is 0 Å². The molecular formula is C15H15NO2. The van der Waals surface area contributed by atoms with Crippen molar-refractivity contribution >= 4 is 5.97 Å². The van der Waals surface area contributed by atoms with E-state index in [2.05, 4.69) is 17.1 Å². The van der Waals surface area contributed by atoms with Gasteiger partial charge in [0.05, 0.1) is 0 Å². The first kappa shape index (κ1) is 12.3. The Balaban J connectivity index is 1.97. The van der Waals surface area contributed by atoms with Crippen LogP contribution in [0.15, 0.2) is 48.8 Å². The average molecular weight is 241 g/mol. The molecule has 2 rings (SSSR count). The molecule has 0 bridgehead atoms. The van der Waals surface area contributed by atoms with Gasteiger partial charge < -0.3 is 5.11 Å². The van der Waals surface area contributed by atoms with Crippen LogP contribution in [0, 0.1) is 0 Å². The van der Waals surface area contributed by atoms with E-state index in [1.807, 2.05) is 24.3 Å². The Bertz CT molecular complexity index is 506. The van der Waals surface area contributed by atoms with Gasteiger partial charge in [0.15, 0.2) is 0 Å². The Morgan fingerprint density at radius 1 is 0.944 bits per heavy atom. The average Bonchev–Trinajstić information content (AvgIpc) is 2.39. The molecule has 0 aliphatic heterocycles. The Hall–Kier alpha value is -2.16. The summed E-state index contributed by atoms with van der Waals surface area (Å²) in [6.07, 6.45) is 5.23. The number of benzene rings is 1. The second kappa shape index (κ2) is 5.96. The highest BCUT2D eigenvalue weighted by Crippen LogP contribution is 2.11. The van der Waals surface area contributed by atoms with Crippen molar-refractivity contribution in [3.8, 4) is 0 Å². The Kier molecular flexibility index (Phi) is 4.07. The Morgan fingerprint density at radius 3 is 2.11 bits per heavy atom. The van der Waals surface area contributed by atoms with Crippen molar-refractivity contribution in [1.29, 1.82) is 0 Å². The fourth-order valence-corrected chi connectivity index (χ4v) is 1.81. The zero-order valence-corrected chi connectivity index (χ0v) is 10.0. The van der Waals surface area contributed by atoms with E-state index in [9.17, 15) is 4.79 Å². The molecule has 0 fully saturated rings. The summed E-state index contributed by atoms with van der Waals surface area (Å²) in [5.41, 5.74) is 3.51. The first-order chi connectivity index (χ1) is 8.74. The van der Waals surface area contributed by atoms with Gasteiger partial charge in [0.1, 0.15) is 0 Å². The topological polar surface area (TPSA) is 50.2 Å². The van der Waals surface area contributed by atoms with Gasteiger partial charge >= 0.3 is 5.97 Å². The molecule has 0 spiro atoms. The van der Waals surface area contributed by atoms with Gasteiger partial charge in [0.25, 0.3) is 0 Å². The lowest BCUT2D eigenvalue weighted by Crippen LogP contribution is -1.97. The van der Waals surface area contributed by atoms with Crippen molar-refractivity contribution in [2.75, 3.05) is 0 Å². The van der Waals surface area contributed by atoms with E-state index >= 15 is 0 Å². The number of carboxylic acid groups (broad SMARTS) is 1. The lowest BCUT2D eigenvalue weighted by atomic mass is 10.0.